The summed E-state index contributed by atoms with van der Waals surface area (Å²) in [6.07, 6.45) is 5.87. The summed E-state index contributed by atoms with van der Waals surface area (Å²) in [4.78, 5) is 31.1. The molecule has 0 aromatic heterocycles. The summed E-state index contributed by atoms with van der Waals surface area (Å²) < 4.78 is 5.46. The van der Waals surface area contributed by atoms with E-state index in [0.29, 0.717) is 23.9 Å². The van der Waals surface area contributed by atoms with Gasteiger partial charge in [-0.15, -0.1) is 11.8 Å². The SMILES string of the molecule is CN(C(=O)CSc1ccccc1C(=O)NCc1ccccc1CN1CCOCC1)C1CCCCC1. The second-order valence-corrected chi connectivity index (χ2v) is 10.4. The smallest absolute Gasteiger partial charge is 0.252 e. The Bertz CT molecular complexity index is 987. The van der Waals surface area contributed by atoms with E-state index in [9.17, 15) is 9.59 Å². The molecule has 1 saturated carbocycles. The number of benzene rings is 2. The van der Waals surface area contributed by atoms with E-state index in [-0.39, 0.29) is 11.8 Å². The number of rotatable bonds is 9. The van der Waals surface area contributed by atoms with Crippen LogP contribution in [0, 0.1) is 0 Å². The average Bonchev–Trinajstić information content (AvgIpc) is 2.92. The number of hydrogen-bond acceptors (Lipinski definition) is 5. The van der Waals surface area contributed by atoms with Crippen LogP contribution in [0.4, 0.5) is 0 Å². The summed E-state index contributed by atoms with van der Waals surface area (Å²) in [6.45, 7) is 4.73. The third-order valence-electron chi connectivity index (χ3n) is 7.05. The molecule has 7 heteroatoms. The van der Waals surface area contributed by atoms with Gasteiger partial charge in [0.1, 0.15) is 0 Å². The molecule has 1 aliphatic heterocycles. The van der Waals surface area contributed by atoms with E-state index in [1.54, 1.807) is 0 Å². The maximum absolute atomic E-state index is 13.1. The van der Waals surface area contributed by atoms with Crippen LogP contribution in [0.15, 0.2) is 53.4 Å². The van der Waals surface area contributed by atoms with Crippen molar-refractivity contribution in [3.8, 4) is 0 Å². The van der Waals surface area contributed by atoms with Gasteiger partial charge in [-0.3, -0.25) is 14.5 Å². The van der Waals surface area contributed by atoms with E-state index >= 15 is 0 Å². The van der Waals surface area contributed by atoms with Gasteiger partial charge in [-0.05, 0) is 36.1 Å². The number of amides is 2. The standard InChI is InChI=1S/C28H37N3O3S/c1-30(24-11-3-2-4-12-24)27(32)21-35-26-14-8-7-13-25(26)28(33)29-19-22-9-5-6-10-23(22)20-31-15-17-34-18-16-31/h5-10,13-14,24H,2-4,11-12,15-21H2,1H3,(H,29,33). The van der Waals surface area contributed by atoms with Crippen molar-refractivity contribution in [2.24, 2.45) is 0 Å². The van der Waals surface area contributed by atoms with Crippen LogP contribution < -0.4 is 5.32 Å². The summed E-state index contributed by atoms with van der Waals surface area (Å²) in [6, 6.07) is 16.2. The summed E-state index contributed by atoms with van der Waals surface area (Å²) in [5.41, 5.74) is 2.98. The lowest BCUT2D eigenvalue weighted by Crippen LogP contribution is -2.39. The Hall–Kier alpha value is -2.35. The lowest BCUT2D eigenvalue weighted by atomic mass is 9.94. The van der Waals surface area contributed by atoms with Gasteiger partial charge < -0.3 is 15.0 Å². The molecule has 2 aliphatic rings. The molecular formula is C28H37N3O3S. The first-order valence-electron chi connectivity index (χ1n) is 12.7. The quantitative estimate of drug-likeness (QED) is 0.525. The largest absolute Gasteiger partial charge is 0.379 e. The van der Waals surface area contributed by atoms with Crippen LogP contribution in [0.3, 0.4) is 0 Å². The van der Waals surface area contributed by atoms with Crippen molar-refractivity contribution in [2.45, 2.75) is 56.1 Å². The molecular weight excluding hydrogens is 458 g/mol. The molecule has 0 spiro atoms. The highest BCUT2D eigenvalue weighted by Crippen LogP contribution is 2.26. The predicted octanol–water partition coefficient (Wildman–Crippen LogP) is 4.33. The van der Waals surface area contributed by atoms with Gasteiger partial charge in [0, 0.05) is 44.2 Å². The minimum Gasteiger partial charge on any atom is -0.379 e. The number of nitrogens with zero attached hydrogens (tertiary/aromatic N) is 2. The molecule has 4 rings (SSSR count). The van der Waals surface area contributed by atoms with E-state index < -0.39 is 0 Å². The van der Waals surface area contributed by atoms with Crippen molar-refractivity contribution in [1.82, 2.24) is 15.1 Å². The first kappa shape index (κ1) is 25.7. The number of ether oxygens (including phenoxy) is 1. The topological polar surface area (TPSA) is 61.9 Å². The zero-order chi connectivity index (χ0) is 24.5. The van der Waals surface area contributed by atoms with Gasteiger partial charge in [0.05, 0.1) is 24.5 Å². The maximum atomic E-state index is 13.1. The number of carbonyl (C=O) groups is 2. The maximum Gasteiger partial charge on any atom is 0.252 e. The van der Waals surface area contributed by atoms with Crippen molar-refractivity contribution >= 4 is 23.6 Å². The van der Waals surface area contributed by atoms with Gasteiger partial charge in [0.2, 0.25) is 5.91 Å². The summed E-state index contributed by atoms with van der Waals surface area (Å²) in [7, 11) is 1.92. The minimum atomic E-state index is -0.109. The van der Waals surface area contributed by atoms with Crippen LogP contribution in [0.25, 0.3) is 0 Å². The molecule has 0 unspecified atom stereocenters. The van der Waals surface area contributed by atoms with Gasteiger partial charge in [0.25, 0.3) is 5.91 Å². The molecule has 0 bridgehead atoms. The number of nitrogens with one attached hydrogen (secondary N) is 1. The fourth-order valence-corrected chi connectivity index (χ4v) is 5.82. The Balaban J connectivity index is 1.34. The van der Waals surface area contributed by atoms with Crippen molar-refractivity contribution in [3.05, 3.63) is 65.2 Å². The van der Waals surface area contributed by atoms with Gasteiger partial charge >= 0.3 is 0 Å². The molecule has 6 nitrogen and oxygen atoms in total. The Morgan fingerprint density at radius 3 is 2.46 bits per heavy atom. The lowest BCUT2D eigenvalue weighted by molar-refractivity contribution is -0.129. The molecule has 188 valence electrons. The van der Waals surface area contributed by atoms with Crippen molar-refractivity contribution in [2.75, 3.05) is 39.1 Å². The van der Waals surface area contributed by atoms with Gasteiger partial charge in [-0.2, -0.15) is 0 Å². The van der Waals surface area contributed by atoms with E-state index in [1.165, 1.54) is 36.6 Å². The van der Waals surface area contributed by atoms with Crippen LogP contribution in [-0.4, -0.2) is 66.8 Å². The van der Waals surface area contributed by atoms with E-state index in [1.807, 2.05) is 48.3 Å². The van der Waals surface area contributed by atoms with Crippen LogP contribution in [0.5, 0.6) is 0 Å². The fourth-order valence-electron chi connectivity index (χ4n) is 4.85. The zero-order valence-electron chi connectivity index (χ0n) is 20.7. The minimum absolute atomic E-state index is 0.109. The van der Waals surface area contributed by atoms with Crippen LogP contribution in [0.1, 0.15) is 53.6 Å². The fraction of sp³-hybridized carbons (Fsp3) is 0.500. The number of thioether (sulfide) groups is 1. The normalized spacial score (nSPS) is 17.2. The molecule has 0 atom stereocenters. The molecule has 1 saturated heterocycles. The Morgan fingerprint density at radius 2 is 1.69 bits per heavy atom. The second-order valence-electron chi connectivity index (χ2n) is 9.42. The Kier molecular flexibility index (Phi) is 9.63. The number of morpholine rings is 1. The molecule has 1 N–H and O–H groups in total. The van der Waals surface area contributed by atoms with Gasteiger partial charge in [-0.25, -0.2) is 0 Å². The van der Waals surface area contributed by atoms with Gasteiger partial charge in [-0.1, -0.05) is 55.7 Å². The zero-order valence-corrected chi connectivity index (χ0v) is 21.5. The Labute approximate surface area is 213 Å². The van der Waals surface area contributed by atoms with Crippen molar-refractivity contribution < 1.29 is 14.3 Å². The average molecular weight is 496 g/mol. The molecule has 1 aliphatic carbocycles. The molecule has 2 amide bonds. The van der Waals surface area contributed by atoms with Crippen LogP contribution in [-0.2, 0) is 22.6 Å². The monoisotopic (exact) mass is 495 g/mol. The van der Waals surface area contributed by atoms with E-state index in [0.717, 1.165) is 56.1 Å². The third kappa shape index (κ3) is 7.32. The Morgan fingerprint density at radius 1 is 1.00 bits per heavy atom. The lowest BCUT2D eigenvalue weighted by Gasteiger charge is -2.31. The first-order chi connectivity index (χ1) is 17.1. The highest BCUT2D eigenvalue weighted by Gasteiger charge is 2.22. The summed E-state index contributed by atoms with van der Waals surface area (Å²) >= 11 is 1.45. The molecule has 2 aromatic carbocycles. The van der Waals surface area contributed by atoms with E-state index in [4.69, 9.17) is 4.74 Å². The molecule has 2 fully saturated rings. The highest BCUT2D eigenvalue weighted by atomic mass is 32.2. The van der Waals surface area contributed by atoms with Gasteiger partial charge in [0.15, 0.2) is 0 Å². The number of hydrogen-bond donors (Lipinski definition) is 1. The summed E-state index contributed by atoms with van der Waals surface area (Å²) in [5, 5.41) is 3.10. The third-order valence-corrected chi connectivity index (χ3v) is 8.11. The molecule has 1 heterocycles. The molecule has 0 radical (unpaired) electrons. The first-order valence-corrected chi connectivity index (χ1v) is 13.7. The predicted molar refractivity (Wildman–Crippen MR) is 141 cm³/mol. The molecule has 35 heavy (non-hydrogen) atoms. The highest BCUT2D eigenvalue weighted by molar-refractivity contribution is 8.00. The van der Waals surface area contributed by atoms with Crippen LogP contribution >= 0.6 is 11.8 Å². The number of carbonyl (C=O) groups excluding carboxylic acids is 2. The van der Waals surface area contributed by atoms with Crippen LogP contribution in [0.2, 0.25) is 0 Å². The second kappa shape index (κ2) is 13.1. The van der Waals surface area contributed by atoms with E-state index in [2.05, 4.69) is 22.3 Å². The van der Waals surface area contributed by atoms with Crippen molar-refractivity contribution in [1.29, 1.82) is 0 Å². The summed E-state index contributed by atoms with van der Waals surface area (Å²) in [5.74, 6) is 0.371. The molecule has 2 aromatic rings. The van der Waals surface area contributed by atoms with Crippen molar-refractivity contribution in [3.63, 3.8) is 0 Å².